The second-order valence-electron chi connectivity index (χ2n) is 4.47. The summed E-state index contributed by atoms with van der Waals surface area (Å²) < 4.78 is 2.01. The molecule has 0 aliphatic carbocycles. The van der Waals surface area contributed by atoms with Crippen LogP contribution >= 0.6 is 27.3 Å². The molecule has 2 heterocycles. The van der Waals surface area contributed by atoms with Crippen LogP contribution in [0.2, 0.25) is 0 Å². The van der Waals surface area contributed by atoms with E-state index in [1.165, 1.54) is 6.07 Å². The molecule has 0 aliphatic rings. The van der Waals surface area contributed by atoms with E-state index in [4.69, 9.17) is 0 Å². The predicted octanol–water partition coefficient (Wildman–Crippen LogP) is 3.47. The third-order valence-electron chi connectivity index (χ3n) is 2.49. The monoisotopic (exact) mass is 344 g/mol. The molecule has 102 valence electrons. The average Bonchev–Trinajstić information content (AvgIpc) is 2.94. The first-order valence-corrected chi connectivity index (χ1v) is 7.69. The van der Waals surface area contributed by atoms with Gasteiger partial charge in [0.25, 0.3) is 0 Å². The lowest BCUT2D eigenvalue weighted by molar-refractivity contribution is -0.380. The van der Waals surface area contributed by atoms with E-state index in [1.807, 2.05) is 4.57 Å². The normalized spacial score (nSPS) is 11.2. The molecule has 0 amide bonds. The molecule has 0 saturated heterocycles. The number of hydrogen-bond acceptors (Lipinski definition) is 5. The van der Waals surface area contributed by atoms with E-state index in [1.54, 1.807) is 6.07 Å². The molecule has 0 N–H and O–H groups in total. The van der Waals surface area contributed by atoms with Crippen molar-refractivity contribution >= 4 is 32.3 Å². The number of nitrogens with zero attached hydrogens (tertiary/aromatic N) is 4. The van der Waals surface area contributed by atoms with Crippen LogP contribution in [-0.2, 0) is 11.9 Å². The first kappa shape index (κ1) is 14.1. The maximum absolute atomic E-state index is 10.7. The number of aromatic nitrogens is 3. The number of thiophene rings is 1. The van der Waals surface area contributed by atoms with Crippen molar-refractivity contribution in [2.24, 2.45) is 5.92 Å². The van der Waals surface area contributed by atoms with Gasteiger partial charge in [0, 0.05) is 12.6 Å². The van der Waals surface area contributed by atoms with E-state index in [0.29, 0.717) is 17.1 Å². The smallest absolute Gasteiger partial charge is 0.309 e. The quantitative estimate of drug-likeness (QED) is 0.472. The molecular weight excluding hydrogens is 332 g/mol. The number of nitro groups is 1. The van der Waals surface area contributed by atoms with Gasteiger partial charge in [-0.15, -0.1) is 10.2 Å². The van der Waals surface area contributed by atoms with E-state index >= 15 is 0 Å². The number of rotatable bonds is 5. The van der Waals surface area contributed by atoms with E-state index < -0.39 is 0 Å². The zero-order valence-electron chi connectivity index (χ0n) is 10.5. The average molecular weight is 345 g/mol. The Morgan fingerprint density at radius 1 is 1.47 bits per heavy atom. The fourth-order valence-electron chi connectivity index (χ4n) is 1.72. The van der Waals surface area contributed by atoms with Gasteiger partial charge in [-0.3, -0.25) is 10.1 Å². The highest BCUT2D eigenvalue weighted by atomic mass is 79.9. The molecule has 0 saturated carbocycles. The molecule has 0 atom stereocenters. The van der Waals surface area contributed by atoms with Gasteiger partial charge in [0.1, 0.15) is 5.82 Å². The van der Waals surface area contributed by atoms with Crippen LogP contribution in [-0.4, -0.2) is 19.7 Å². The summed E-state index contributed by atoms with van der Waals surface area (Å²) in [4.78, 5) is 11.1. The molecule has 8 heteroatoms. The molecule has 0 aliphatic heterocycles. The minimum absolute atomic E-state index is 0.120. The third-order valence-corrected chi connectivity index (χ3v) is 4.02. The van der Waals surface area contributed by atoms with E-state index in [9.17, 15) is 10.1 Å². The van der Waals surface area contributed by atoms with Crippen molar-refractivity contribution < 1.29 is 4.92 Å². The van der Waals surface area contributed by atoms with Crippen LogP contribution in [0.3, 0.4) is 0 Å². The minimum Gasteiger partial charge on any atom is -0.309 e. The Balaban J connectivity index is 2.42. The highest BCUT2D eigenvalue weighted by Crippen LogP contribution is 2.32. The number of hydrogen-bond donors (Lipinski definition) is 0. The molecule has 0 spiro atoms. The zero-order valence-corrected chi connectivity index (χ0v) is 12.9. The topological polar surface area (TPSA) is 73.8 Å². The molecule has 0 unspecified atom stereocenters. The molecule has 0 aromatic carbocycles. The second kappa shape index (κ2) is 5.79. The SMILES string of the molecule is CC(C)Cn1c(CBr)nnc1-c1ccc([N+](=O)[O-])s1. The molecular formula is C11H13BrN4O2S. The first-order valence-electron chi connectivity index (χ1n) is 5.75. The van der Waals surface area contributed by atoms with Gasteiger partial charge in [0.05, 0.1) is 15.1 Å². The van der Waals surface area contributed by atoms with Gasteiger partial charge in [-0.25, -0.2) is 0 Å². The lowest BCUT2D eigenvalue weighted by Crippen LogP contribution is -2.08. The fourth-order valence-corrected chi connectivity index (χ4v) is 2.95. The Hall–Kier alpha value is -1.28. The Morgan fingerprint density at radius 2 is 2.21 bits per heavy atom. The molecule has 0 bridgehead atoms. The molecule has 19 heavy (non-hydrogen) atoms. The largest absolute Gasteiger partial charge is 0.324 e. The molecule has 2 aromatic rings. The number of halogens is 1. The summed E-state index contributed by atoms with van der Waals surface area (Å²) in [5, 5.41) is 19.7. The van der Waals surface area contributed by atoms with Crippen molar-refractivity contribution in [1.29, 1.82) is 0 Å². The zero-order chi connectivity index (χ0) is 14.0. The van der Waals surface area contributed by atoms with Crippen molar-refractivity contribution in [2.75, 3.05) is 0 Å². The molecule has 2 aromatic heterocycles. The first-order chi connectivity index (χ1) is 9.02. The van der Waals surface area contributed by atoms with E-state index in [2.05, 4.69) is 40.0 Å². The van der Waals surface area contributed by atoms with Crippen LogP contribution in [0.4, 0.5) is 5.00 Å². The molecule has 6 nitrogen and oxygen atoms in total. The van der Waals surface area contributed by atoms with E-state index in [-0.39, 0.29) is 9.92 Å². The lowest BCUT2D eigenvalue weighted by Gasteiger charge is -2.10. The van der Waals surface area contributed by atoms with Crippen molar-refractivity contribution in [2.45, 2.75) is 25.7 Å². The summed E-state index contributed by atoms with van der Waals surface area (Å²) in [6.07, 6.45) is 0. The fraction of sp³-hybridized carbons (Fsp3) is 0.455. The summed E-state index contributed by atoms with van der Waals surface area (Å²) in [5.74, 6) is 1.98. The predicted molar refractivity (Wildman–Crippen MR) is 77.5 cm³/mol. The van der Waals surface area contributed by atoms with Gasteiger partial charge < -0.3 is 4.57 Å². The summed E-state index contributed by atoms with van der Waals surface area (Å²) in [6, 6.07) is 3.23. The molecule has 0 radical (unpaired) electrons. The third kappa shape index (κ3) is 3.01. The molecule has 0 fully saturated rings. The highest BCUT2D eigenvalue weighted by Gasteiger charge is 2.18. The number of alkyl halides is 1. The van der Waals surface area contributed by atoms with Crippen LogP contribution in [0.25, 0.3) is 10.7 Å². The minimum atomic E-state index is -0.386. The summed E-state index contributed by atoms with van der Waals surface area (Å²) in [5.41, 5.74) is 0. The van der Waals surface area contributed by atoms with Crippen molar-refractivity contribution in [3.8, 4) is 10.7 Å². The van der Waals surface area contributed by atoms with Crippen molar-refractivity contribution in [1.82, 2.24) is 14.8 Å². The van der Waals surface area contributed by atoms with Gasteiger partial charge in [-0.2, -0.15) is 0 Å². The van der Waals surface area contributed by atoms with Crippen LogP contribution in [0.1, 0.15) is 19.7 Å². The molecule has 2 rings (SSSR count). The van der Waals surface area contributed by atoms with Crippen LogP contribution < -0.4 is 0 Å². The van der Waals surface area contributed by atoms with Gasteiger partial charge in [-0.05, 0) is 12.0 Å². The maximum Gasteiger partial charge on any atom is 0.324 e. The Labute approximate surface area is 122 Å². The van der Waals surface area contributed by atoms with Gasteiger partial charge in [0.15, 0.2) is 5.82 Å². The van der Waals surface area contributed by atoms with Gasteiger partial charge >= 0.3 is 5.00 Å². The van der Waals surface area contributed by atoms with Crippen LogP contribution in [0, 0.1) is 16.0 Å². The highest BCUT2D eigenvalue weighted by molar-refractivity contribution is 9.08. The maximum atomic E-state index is 10.7. The second-order valence-corrected chi connectivity index (χ2v) is 6.10. The van der Waals surface area contributed by atoms with Crippen molar-refractivity contribution in [3.05, 3.63) is 28.1 Å². The van der Waals surface area contributed by atoms with Gasteiger partial charge in [0.2, 0.25) is 0 Å². The van der Waals surface area contributed by atoms with E-state index in [0.717, 1.165) is 28.6 Å². The Bertz CT molecular complexity index is 593. The Morgan fingerprint density at radius 3 is 2.74 bits per heavy atom. The summed E-state index contributed by atoms with van der Waals surface area (Å²) >= 11 is 4.51. The Kier molecular flexibility index (Phi) is 4.31. The summed E-state index contributed by atoms with van der Waals surface area (Å²) in [7, 11) is 0. The lowest BCUT2D eigenvalue weighted by atomic mass is 10.2. The summed E-state index contributed by atoms with van der Waals surface area (Å²) in [6.45, 7) is 5.01. The van der Waals surface area contributed by atoms with Gasteiger partial charge in [-0.1, -0.05) is 41.1 Å². The standard InChI is InChI=1S/C11H13BrN4O2S/c1-7(2)6-15-9(5-12)13-14-11(15)8-3-4-10(19-8)16(17)18/h3-4,7H,5-6H2,1-2H3. The van der Waals surface area contributed by atoms with Crippen LogP contribution in [0.5, 0.6) is 0 Å². The van der Waals surface area contributed by atoms with Crippen LogP contribution in [0.15, 0.2) is 12.1 Å². The van der Waals surface area contributed by atoms with Crippen molar-refractivity contribution in [3.63, 3.8) is 0 Å².